The molecule has 0 saturated carbocycles. The molecule has 0 unspecified atom stereocenters. The molecule has 1 heterocycles. The Morgan fingerprint density at radius 1 is 1.37 bits per heavy atom. The molecule has 8 heteroatoms. The average molecular weight is 295 g/mol. The van der Waals surface area contributed by atoms with Gasteiger partial charge in [-0.3, -0.25) is 4.18 Å². The van der Waals surface area contributed by atoms with Crippen LogP contribution < -0.4 is 5.32 Å². The quantitative estimate of drug-likeness (QED) is 0.769. The second-order valence-corrected chi connectivity index (χ2v) is 7.06. The van der Waals surface area contributed by atoms with Gasteiger partial charge in [0.25, 0.3) is 10.1 Å². The molecular formula is C11H21NO6S. The summed E-state index contributed by atoms with van der Waals surface area (Å²) in [4.78, 5) is 11.6. The van der Waals surface area contributed by atoms with Gasteiger partial charge in [-0.1, -0.05) is 0 Å². The number of carbonyl (C=O) groups is 1. The van der Waals surface area contributed by atoms with Gasteiger partial charge in [-0.25, -0.2) is 4.79 Å². The third-order valence-electron chi connectivity index (χ3n) is 2.29. The van der Waals surface area contributed by atoms with Crippen molar-refractivity contribution in [2.75, 3.05) is 19.5 Å². The molecule has 0 bridgehead atoms. The SMILES string of the molecule is CC(C)(C)OC(=O)N[C@H]1COCC[C@@H]1OS(C)(=O)=O. The van der Waals surface area contributed by atoms with Crippen LogP contribution in [0.2, 0.25) is 0 Å². The monoisotopic (exact) mass is 295 g/mol. The summed E-state index contributed by atoms with van der Waals surface area (Å²) in [7, 11) is -3.58. The van der Waals surface area contributed by atoms with Gasteiger partial charge in [-0.05, 0) is 20.8 Å². The summed E-state index contributed by atoms with van der Waals surface area (Å²) in [5.41, 5.74) is -0.618. The number of hydrogen-bond acceptors (Lipinski definition) is 6. The van der Waals surface area contributed by atoms with Gasteiger partial charge in [-0.15, -0.1) is 0 Å². The van der Waals surface area contributed by atoms with Crippen molar-refractivity contribution >= 4 is 16.2 Å². The van der Waals surface area contributed by atoms with E-state index in [9.17, 15) is 13.2 Å². The van der Waals surface area contributed by atoms with E-state index in [1.807, 2.05) is 0 Å². The molecule has 7 nitrogen and oxygen atoms in total. The maximum absolute atomic E-state index is 11.6. The summed E-state index contributed by atoms with van der Waals surface area (Å²) >= 11 is 0. The first-order chi connectivity index (χ1) is 8.57. The lowest BCUT2D eigenvalue weighted by Gasteiger charge is -2.31. The summed E-state index contributed by atoms with van der Waals surface area (Å²) in [5, 5.41) is 2.57. The highest BCUT2D eigenvalue weighted by atomic mass is 32.2. The maximum Gasteiger partial charge on any atom is 0.408 e. The number of ether oxygens (including phenoxy) is 2. The molecular weight excluding hydrogens is 274 g/mol. The largest absolute Gasteiger partial charge is 0.444 e. The van der Waals surface area contributed by atoms with Crippen LogP contribution in [0.5, 0.6) is 0 Å². The van der Waals surface area contributed by atoms with E-state index in [-0.39, 0.29) is 6.61 Å². The highest BCUT2D eigenvalue weighted by Crippen LogP contribution is 2.15. The Morgan fingerprint density at radius 2 is 2.00 bits per heavy atom. The zero-order valence-electron chi connectivity index (χ0n) is 11.6. The molecule has 1 fully saturated rings. The Bertz CT molecular complexity index is 413. The molecule has 0 aromatic carbocycles. The van der Waals surface area contributed by atoms with E-state index in [0.717, 1.165) is 6.26 Å². The van der Waals surface area contributed by atoms with Crippen molar-refractivity contribution in [1.82, 2.24) is 5.32 Å². The molecule has 2 atom stereocenters. The second kappa shape index (κ2) is 6.06. The summed E-state index contributed by atoms with van der Waals surface area (Å²) in [5.74, 6) is 0. The molecule has 19 heavy (non-hydrogen) atoms. The van der Waals surface area contributed by atoms with Crippen LogP contribution in [-0.2, 0) is 23.8 Å². The normalized spacial score (nSPS) is 24.8. The molecule has 0 radical (unpaired) electrons. The first kappa shape index (κ1) is 16.2. The molecule has 0 aromatic rings. The Hall–Kier alpha value is -0.860. The minimum atomic E-state index is -3.58. The molecule has 1 N–H and O–H groups in total. The topological polar surface area (TPSA) is 90.9 Å². The number of nitrogens with one attached hydrogen (secondary N) is 1. The van der Waals surface area contributed by atoms with Gasteiger partial charge in [-0.2, -0.15) is 8.42 Å². The molecule has 0 aliphatic carbocycles. The van der Waals surface area contributed by atoms with E-state index in [4.69, 9.17) is 13.7 Å². The smallest absolute Gasteiger partial charge is 0.408 e. The van der Waals surface area contributed by atoms with Crippen LogP contribution in [0, 0.1) is 0 Å². The van der Waals surface area contributed by atoms with Crippen LogP contribution in [-0.4, -0.2) is 51.7 Å². The van der Waals surface area contributed by atoms with Crippen molar-refractivity contribution in [3.63, 3.8) is 0 Å². The minimum Gasteiger partial charge on any atom is -0.444 e. The average Bonchev–Trinajstić information content (AvgIpc) is 2.15. The fraction of sp³-hybridized carbons (Fsp3) is 0.909. The summed E-state index contributed by atoms with van der Waals surface area (Å²) < 4.78 is 37.6. The van der Waals surface area contributed by atoms with E-state index in [2.05, 4.69) is 5.32 Å². The number of hydrogen-bond donors (Lipinski definition) is 1. The van der Waals surface area contributed by atoms with Crippen molar-refractivity contribution in [1.29, 1.82) is 0 Å². The van der Waals surface area contributed by atoms with Crippen molar-refractivity contribution < 1.29 is 26.9 Å². The third-order valence-corrected chi connectivity index (χ3v) is 2.89. The van der Waals surface area contributed by atoms with Crippen LogP contribution in [0.25, 0.3) is 0 Å². The van der Waals surface area contributed by atoms with E-state index < -0.39 is 34.0 Å². The van der Waals surface area contributed by atoms with Crippen molar-refractivity contribution in [3.8, 4) is 0 Å². The number of carbonyl (C=O) groups excluding carboxylic acids is 1. The predicted octanol–water partition coefficient (Wildman–Crippen LogP) is 0.645. The van der Waals surface area contributed by atoms with Crippen molar-refractivity contribution in [2.45, 2.75) is 44.9 Å². The first-order valence-corrected chi connectivity index (χ1v) is 7.84. The Morgan fingerprint density at radius 3 is 2.53 bits per heavy atom. The zero-order valence-corrected chi connectivity index (χ0v) is 12.5. The van der Waals surface area contributed by atoms with E-state index in [0.29, 0.717) is 13.0 Å². The highest BCUT2D eigenvalue weighted by Gasteiger charge is 2.32. The number of alkyl carbamates (subject to hydrolysis) is 1. The molecule has 1 saturated heterocycles. The van der Waals surface area contributed by atoms with E-state index in [1.165, 1.54) is 0 Å². The van der Waals surface area contributed by atoms with E-state index in [1.54, 1.807) is 20.8 Å². The van der Waals surface area contributed by atoms with E-state index >= 15 is 0 Å². The summed E-state index contributed by atoms with van der Waals surface area (Å²) in [6, 6.07) is -0.543. The van der Waals surface area contributed by atoms with Gasteiger partial charge in [0, 0.05) is 13.0 Å². The maximum atomic E-state index is 11.6. The number of rotatable bonds is 3. The fourth-order valence-electron chi connectivity index (χ4n) is 1.65. The standard InChI is InChI=1S/C11H21NO6S/c1-11(2,3)17-10(13)12-8-7-16-6-5-9(8)18-19(4,14)15/h8-9H,5-7H2,1-4H3,(H,12,13)/t8-,9-/m0/s1. The van der Waals surface area contributed by atoms with Gasteiger partial charge in [0.2, 0.25) is 0 Å². The lowest BCUT2D eigenvalue weighted by Crippen LogP contribution is -2.52. The number of amides is 1. The minimum absolute atomic E-state index is 0.194. The molecule has 0 spiro atoms. The Balaban J connectivity index is 2.60. The van der Waals surface area contributed by atoms with Crippen molar-refractivity contribution in [2.24, 2.45) is 0 Å². The molecule has 1 amide bonds. The van der Waals surface area contributed by atoms with Gasteiger partial charge in [0.05, 0.1) is 18.9 Å². The van der Waals surface area contributed by atoms with Crippen LogP contribution in [0.1, 0.15) is 27.2 Å². The van der Waals surface area contributed by atoms with Crippen LogP contribution >= 0.6 is 0 Å². The Labute approximate surface area is 113 Å². The molecule has 1 rings (SSSR count). The molecule has 112 valence electrons. The van der Waals surface area contributed by atoms with Crippen LogP contribution in [0.3, 0.4) is 0 Å². The molecule has 1 aliphatic heterocycles. The lowest BCUT2D eigenvalue weighted by atomic mass is 10.1. The summed E-state index contributed by atoms with van der Waals surface area (Å²) in [6.45, 7) is 5.82. The third kappa shape index (κ3) is 6.74. The van der Waals surface area contributed by atoms with Gasteiger partial charge in [0.1, 0.15) is 11.7 Å². The van der Waals surface area contributed by atoms with Crippen molar-refractivity contribution in [3.05, 3.63) is 0 Å². The predicted molar refractivity (Wildman–Crippen MR) is 68.3 cm³/mol. The molecule has 1 aliphatic rings. The first-order valence-electron chi connectivity index (χ1n) is 6.02. The Kier molecular flexibility index (Phi) is 5.17. The highest BCUT2D eigenvalue weighted by molar-refractivity contribution is 7.86. The lowest BCUT2D eigenvalue weighted by molar-refractivity contribution is -0.00894. The summed E-state index contributed by atoms with van der Waals surface area (Å²) in [6.07, 6.45) is 0.127. The van der Waals surface area contributed by atoms with Gasteiger partial charge >= 0.3 is 6.09 Å². The van der Waals surface area contributed by atoms with Crippen LogP contribution in [0.15, 0.2) is 0 Å². The van der Waals surface area contributed by atoms with Crippen LogP contribution in [0.4, 0.5) is 4.79 Å². The fourth-order valence-corrected chi connectivity index (χ4v) is 2.33. The van der Waals surface area contributed by atoms with Gasteiger partial charge < -0.3 is 14.8 Å². The molecule has 0 aromatic heterocycles. The zero-order chi connectivity index (χ0) is 14.7. The van der Waals surface area contributed by atoms with Gasteiger partial charge in [0.15, 0.2) is 0 Å². The second-order valence-electron chi connectivity index (χ2n) is 5.46.